The van der Waals surface area contributed by atoms with Crippen LogP contribution in [0, 0.1) is 5.82 Å². The summed E-state index contributed by atoms with van der Waals surface area (Å²) in [4.78, 5) is 24.6. The van der Waals surface area contributed by atoms with Crippen LogP contribution in [0.2, 0.25) is 0 Å². The van der Waals surface area contributed by atoms with Crippen molar-refractivity contribution >= 4 is 11.9 Å². The van der Waals surface area contributed by atoms with Crippen molar-refractivity contribution < 1.29 is 23.5 Å². The maximum atomic E-state index is 13.2. The van der Waals surface area contributed by atoms with E-state index in [1.54, 1.807) is 12.1 Å². The van der Waals surface area contributed by atoms with Gasteiger partial charge in [0.25, 0.3) is 5.91 Å². The van der Waals surface area contributed by atoms with Crippen LogP contribution in [0.5, 0.6) is 5.75 Å². The van der Waals surface area contributed by atoms with Crippen LogP contribution in [0.3, 0.4) is 0 Å². The topological polar surface area (TPSA) is 64.6 Å². The standard InChI is InChI=1S/C21H22FNO4/c1-2-14-3-11-18(12-4-14)26-13-19(24)27-20(21(25)23-17-9-10-17)15-5-7-16(22)8-6-15/h3-8,11-12,17,20H,2,9-10,13H2,1H3,(H,23,25). The summed E-state index contributed by atoms with van der Waals surface area (Å²) in [6.07, 6.45) is 1.60. The summed E-state index contributed by atoms with van der Waals surface area (Å²) in [5.74, 6) is -0.963. The Bertz CT molecular complexity index is 785. The molecule has 0 aromatic heterocycles. The maximum Gasteiger partial charge on any atom is 0.345 e. The van der Waals surface area contributed by atoms with Gasteiger partial charge in [0.15, 0.2) is 6.61 Å². The average molecular weight is 371 g/mol. The van der Waals surface area contributed by atoms with E-state index in [2.05, 4.69) is 12.2 Å². The van der Waals surface area contributed by atoms with Gasteiger partial charge in [-0.05, 0) is 49.1 Å². The fraction of sp³-hybridized carbons (Fsp3) is 0.333. The molecule has 1 amide bonds. The molecular formula is C21H22FNO4. The van der Waals surface area contributed by atoms with E-state index in [-0.39, 0.29) is 12.6 Å². The number of benzene rings is 2. The van der Waals surface area contributed by atoms with Crippen LogP contribution < -0.4 is 10.1 Å². The second-order valence-electron chi connectivity index (χ2n) is 6.49. The van der Waals surface area contributed by atoms with Gasteiger partial charge in [0, 0.05) is 11.6 Å². The summed E-state index contributed by atoms with van der Waals surface area (Å²) in [7, 11) is 0. The fourth-order valence-corrected chi connectivity index (χ4v) is 2.54. The lowest BCUT2D eigenvalue weighted by Crippen LogP contribution is -2.34. The van der Waals surface area contributed by atoms with Crippen molar-refractivity contribution in [3.05, 3.63) is 65.5 Å². The molecule has 0 radical (unpaired) electrons. The Morgan fingerprint density at radius 1 is 1.11 bits per heavy atom. The Kier molecular flexibility index (Phi) is 6.06. The molecule has 5 nitrogen and oxygen atoms in total. The van der Waals surface area contributed by atoms with E-state index in [9.17, 15) is 14.0 Å². The lowest BCUT2D eigenvalue weighted by atomic mass is 10.1. The Balaban J connectivity index is 1.62. The lowest BCUT2D eigenvalue weighted by Gasteiger charge is -2.18. The quantitative estimate of drug-likeness (QED) is 0.723. The Morgan fingerprint density at radius 2 is 1.78 bits per heavy atom. The van der Waals surface area contributed by atoms with Crippen molar-refractivity contribution in [1.82, 2.24) is 5.32 Å². The molecule has 1 unspecified atom stereocenters. The maximum absolute atomic E-state index is 13.2. The molecule has 1 N–H and O–H groups in total. The smallest absolute Gasteiger partial charge is 0.345 e. The van der Waals surface area contributed by atoms with Crippen molar-refractivity contribution in [1.29, 1.82) is 0 Å². The first kappa shape index (κ1) is 18.9. The molecular weight excluding hydrogens is 349 g/mol. The molecule has 1 saturated carbocycles. The molecule has 2 aromatic carbocycles. The molecule has 0 heterocycles. The highest BCUT2D eigenvalue weighted by Gasteiger charge is 2.31. The van der Waals surface area contributed by atoms with Gasteiger partial charge in [-0.3, -0.25) is 4.79 Å². The van der Waals surface area contributed by atoms with Crippen molar-refractivity contribution in [2.75, 3.05) is 6.61 Å². The predicted molar refractivity (Wildman–Crippen MR) is 97.7 cm³/mol. The molecule has 1 aliphatic carbocycles. The number of nitrogens with one attached hydrogen (secondary N) is 1. The van der Waals surface area contributed by atoms with Crippen LogP contribution in [-0.4, -0.2) is 24.5 Å². The number of esters is 1. The van der Waals surface area contributed by atoms with E-state index in [0.717, 1.165) is 24.8 Å². The largest absolute Gasteiger partial charge is 0.482 e. The highest BCUT2D eigenvalue weighted by Crippen LogP contribution is 2.23. The summed E-state index contributed by atoms with van der Waals surface area (Å²) in [6.45, 7) is 1.73. The predicted octanol–water partition coefficient (Wildman–Crippen LogP) is 3.33. The first-order valence-corrected chi connectivity index (χ1v) is 9.02. The minimum Gasteiger partial charge on any atom is -0.482 e. The van der Waals surface area contributed by atoms with Crippen LogP contribution in [0.15, 0.2) is 48.5 Å². The monoisotopic (exact) mass is 371 g/mol. The van der Waals surface area contributed by atoms with Crippen molar-refractivity contribution in [3.63, 3.8) is 0 Å². The van der Waals surface area contributed by atoms with Gasteiger partial charge < -0.3 is 14.8 Å². The van der Waals surface area contributed by atoms with E-state index in [0.29, 0.717) is 11.3 Å². The summed E-state index contributed by atoms with van der Waals surface area (Å²) < 4.78 is 23.9. The van der Waals surface area contributed by atoms with Gasteiger partial charge in [-0.1, -0.05) is 31.2 Å². The number of carbonyl (C=O) groups is 2. The average Bonchev–Trinajstić information content (AvgIpc) is 3.49. The van der Waals surface area contributed by atoms with Gasteiger partial charge in [-0.2, -0.15) is 0 Å². The van der Waals surface area contributed by atoms with Gasteiger partial charge in [-0.25, -0.2) is 9.18 Å². The molecule has 0 spiro atoms. The molecule has 1 atom stereocenters. The molecule has 1 fully saturated rings. The van der Waals surface area contributed by atoms with E-state index < -0.39 is 23.8 Å². The van der Waals surface area contributed by atoms with Crippen LogP contribution in [0.1, 0.15) is 37.0 Å². The third-order valence-corrected chi connectivity index (χ3v) is 4.27. The zero-order valence-electron chi connectivity index (χ0n) is 15.1. The second kappa shape index (κ2) is 8.66. The first-order valence-electron chi connectivity index (χ1n) is 9.02. The SMILES string of the molecule is CCc1ccc(OCC(=O)OC(C(=O)NC2CC2)c2ccc(F)cc2)cc1. The number of halogens is 1. The zero-order chi connectivity index (χ0) is 19.2. The molecule has 3 rings (SSSR count). The number of rotatable bonds is 8. The van der Waals surface area contributed by atoms with E-state index in [1.165, 1.54) is 24.3 Å². The fourth-order valence-electron chi connectivity index (χ4n) is 2.54. The van der Waals surface area contributed by atoms with Gasteiger partial charge >= 0.3 is 5.97 Å². The number of hydrogen-bond acceptors (Lipinski definition) is 4. The number of aryl methyl sites for hydroxylation is 1. The Morgan fingerprint density at radius 3 is 2.37 bits per heavy atom. The van der Waals surface area contributed by atoms with Gasteiger partial charge in [0.1, 0.15) is 11.6 Å². The van der Waals surface area contributed by atoms with E-state index in [1.807, 2.05) is 12.1 Å². The first-order chi connectivity index (χ1) is 13.0. The van der Waals surface area contributed by atoms with Crippen molar-refractivity contribution in [2.24, 2.45) is 0 Å². The number of carbonyl (C=O) groups excluding carboxylic acids is 2. The third kappa shape index (κ3) is 5.54. The van der Waals surface area contributed by atoms with Crippen molar-refractivity contribution in [2.45, 2.75) is 38.3 Å². The number of amides is 1. The van der Waals surface area contributed by atoms with Gasteiger partial charge in [0.05, 0.1) is 0 Å². The molecule has 0 bridgehead atoms. The molecule has 6 heteroatoms. The minimum atomic E-state index is -1.13. The normalized spacial score (nSPS) is 14.3. The van der Waals surface area contributed by atoms with E-state index >= 15 is 0 Å². The van der Waals surface area contributed by atoms with Gasteiger partial charge in [0.2, 0.25) is 6.10 Å². The number of ether oxygens (including phenoxy) is 2. The molecule has 0 saturated heterocycles. The molecule has 0 aliphatic heterocycles. The Hall–Kier alpha value is -2.89. The van der Waals surface area contributed by atoms with Crippen LogP contribution in [0.25, 0.3) is 0 Å². The summed E-state index contributed by atoms with van der Waals surface area (Å²) >= 11 is 0. The van der Waals surface area contributed by atoms with E-state index in [4.69, 9.17) is 9.47 Å². The summed E-state index contributed by atoms with van der Waals surface area (Å²) in [6, 6.07) is 12.8. The molecule has 2 aromatic rings. The lowest BCUT2D eigenvalue weighted by molar-refractivity contribution is -0.158. The summed E-state index contributed by atoms with van der Waals surface area (Å²) in [5, 5.41) is 2.81. The minimum absolute atomic E-state index is 0.118. The molecule has 27 heavy (non-hydrogen) atoms. The highest BCUT2D eigenvalue weighted by molar-refractivity contribution is 5.85. The van der Waals surface area contributed by atoms with Gasteiger partial charge in [-0.15, -0.1) is 0 Å². The summed E-state index contributed by atoms with van der Waals surface area (Å²) in [5.41, 5.74) is 1.58. The molecule has 1 aliphatic rings. The van der Waals surface area contributed by atoms with Crippen LogP contribution in [0.4, 0.5) is 4.39 Å². The Labute approximate surface area is 157 Å². The second-order valence-corrected chi connectivity index (χ2v) is 6.49. The number of hydrogen-bond donors (Lipinski definition) is 1. The third-order valence-electron chi connectivity index (χ3n) is 4.27. The molecule has 142 valence electrons. The van der Waals surface area contributed by atoms with Crippen molar-refractivity contribution in [3.8, 4) is 5.75 Å². The van der Waals surface area contributed by atoms with Crippen LogP contribution in [-0.2, 0) is 20.7 Å². The highest BCUT2D eigenvalue weighted by atomic mass is 19.1. The van der Waals surface area contributed by atoms with Crippen LogP contribution >= 0.6 is 0 Å². The zero-order valence-corrected chi connectivity index (χ0v) is 15.1.